The molecule has 6 heteroatoms. The lowest BCUT2D eigenvalue weighted by molar-refractivity contribution is 0.399. The summed E-state index contributed by atoms with van der Waals surface area (Å²) in [6, 6.07) is 9.86. The molecule has 1 aromatic carbocycles. The summed E-state index contributed by atoms with van der Waals surface area (Å²) < 4.78 is 8.67. The molecule has 3 rings (SSSR count). The second-order valence-electron chi connectivity index (χ2n) is 5.06. The number of rotatable bonds is 5. The summed E-state index contributed by atoms with van der Waals surface area (Å²) in [6.45, 7) is 3.12. The first-order valence-electron chi connectivity index (χ1n) is 7.28. The molecule has 0 aliphatic rings. The Morgan fingerprint density at radius 2 is 1.91 bits per heavy atom. The number of ether oxygens (including phenoxy) is 1. The van der Waals surface area contributed by atoms with Crippen LogP contribution in [0.3, 0.4) is 0 Å². The third-order valence-electron chi connectivity index (χ3n) is 3.58. The van der Waals surface area contributed by atoms with E-state index in [1.54, 1.807) is 16.2 Å². The largest absolute Gasteiger partial charge is 0.479 e. The van der Waals surface area contributed by atoms with Gasteiger partial charge in [-0.1, -0.05) is 37.3 Å². The molecular formula is C16H18N4O2. The Labute approximate surface area is 128 Å². The second kappa shape index (κ2) is 6.01. The van der Waals surface area contributed by atoms with Crippen LogP contribution in [0.2, 0.25) is 0 Å². The van der Waals surface area contributed by atoms with Crippen molar-refractivity contribution in [3.05, 3.63) is 52.7 Å². The van der Waals surface area contributed by atoms with Crippen LogP contribution in [0.5, 0.6) is 5.88 Å². The van der Waals surface area contributed by atoms with Crippen LogP contribution in [0.4, 0.5) is 0 Å². The van der Waals surface area contributed by atoms with Crippen LogP contribution in [0.1, 0.15) is 18.9 Å². The van der Waals surface area contributed by atoms with Gasteiger partial charge in [-0.15, -0.1) is 0 Å². The first-order chi connectivity index (χ1) is 10.8. The lowest BCUT2D eigenvalue weighted by Gasteiger charge is -2.04. The minimum absolute atomic E-state index is 0.0838. The maximum absolute atomic E-state index is 12.8. The predicted molar refractivity (Wildman–Crippen MR) is 84.2 cm³/mol. The number of imidazole rings is 1. The Kier molecular flexibility index (Phi) is 3.91. The number of methoxy groups -OCH3 is 1. The van der Waals surface area contributed by atoms with Gasteiger partial charge in [0.1, 0.15) is 6.33 Å². The molecule has 0 saturated heterocycles. The molecule has 3 aromatic rings. The van der Waals surface area contributed by atoms with Gasteiger partial charge in [-0.05, 0) is 12.0 Å². The Balaban J connectivity index is 2.22. The highest BCUT2D eigenvalue weighted by atomic mass is 16.5. The topological polar surface area (TPSA) is 61.9 Å². The molecule has 0 saturated carbocycles. The second-order valence-corrected chi connectivity index (χ2v) is 5.06. The molecule has 114 valence electrons. The molecule has 2 aromatic heterocycles. The fourth-order valence-electron chi connectivity index (χ4n) is 2.61. The summed E-state index contributed by atoms with van der Waals surface area (Å²) in [7, 11) is 1.55. The Morgan fingerprint density at radius 1 is 1.14 bits per heavy atom. The third kappa shape index (κ3) is 2.36. The van der Waals surface area contributed by atoms with Crippen molar-refractivity contribution in [1.82, 2.24) is 19.1 Å². The van der Waals surface area contributed by atoms with Gasteiger partial charge in [0.05, 0.1) is 13.7 Å². The fraction of sp³-hybridized carbons (Fsp3) is 0.312. The lowest BCUT2D eigenvalue weighted by Crippen LogP contribution is -2.24. The highest BCUT2D eigenvalue weighted by Gasteiger charge is 2.18. The van der Waals surface area contributed by atoms with Crippen molar-refractivity contribution in [2.45, 2.75) is 26.4 Å². The molecule has 0 amide bonds. The Hall–Kier alpha value is -2.63. The number of nitrogens with zero attached hydrogens (tertiary/aromatic N) is 4. The smallest absolute Gasteiger partial charge is 0.330 e. The highest BCUT2D eigenvalue weighted by Crippen LogP contribution is 2.21. The molecule has 0 unspecified atom stereocenters. The summed E-state index contributed by atoms with van der Waals surface area (Å²) in [4.78, 5) is 21.2. The van der Waals surface area contributed by atoms with E-state index in [0.717, 1.165) is 12.0 Å². The van der Waals surface area contributed by atoms with E-state index in [1.807, 2.05) is 37.3 Å². The van der Waals surface area contributed by atoms with Crippen LogP contribution >= 0.6 is 0 Å². The number of hydrogen-bond donors (Lipinski definition) is 0. The standard InChI is InChI=1S/C16H18N4O2/c1-3-9-19-13-14(17-11-18-15(13)22-2)20(16(19)21)10-12-7-5-4-6-8-12/h4-8,11H,3,9-10H2,1-2H3. The molecule has 0 radical (unpaired) electrons. The van der Waals surface area contributed by atoms with Crippen LogP contribution in [0.25, 0.3) is 11.2 Å². The van der Waals surface area contributed by atoms with Crippen molar-refractivity contribution in [2.24, 2.45) is 0 Å². The first kappa shape index (κ1) is 14.3. The Bertz CT molecular complexity index is 836. The van der Waals surface area contributed by atoms with Gasteiger partial charge < -0.3 is 4.74 Å². The average Bonchev–Trinajstić information content (AvgIpc) is 2.82. The van der Waals surface area contributed by atoms with E-state index in [1.165, 1.54) is 6.33 Å². The summed E-state index contributed by atoms with van der Waals surface area (Å²) in [6.07, 6.45) is 2.28. The number of hydrogen-bond acceptors (Lipinski definition) is 4. The maximum atomic E-state index is 12.8. The van der Waals surface area contributed by atoms with Gasteiger partial charge in [-0.25, -0.2) is 9.78 Å². The van der Waals surface area contributed by atoms with Gasteiger partial charge in [0.15, 0.2) is 11.2 Å². The number of benzene rings is 1. The van der Waals surface area contributed by atoms with Crippen molar-refractivity contribution < 1.29 is 4.74 Å². The minimum atomic E-state index is -0.0838. The zero-order chi connectivity index (χ0) is 15.5. The molecule has 0 atom stereocenters. The van der Waals surface area contributed by atoms with Gasteiger partial charge in [0.25, 0.3) is 0 Å². The highest BCUT2D eigenvalue weighted by molar-refractivity contribution is 5.77. The summed E-state index contributed by atoms with van der Waals surface area (Å²) in [5.41, 5.74) is 2.24. The van der Waals surface area contributed by atoms with E-state index < -0.39 is 0 Å². The molecule has 6 nitrogen and oxygen atoms in total. The van der Waals surface area contributed by atoms with Gasteiger partial charge >= 0.3 is 5.69 Å². The molecule has 0 bridgehead atoms. The van der Waals surface area contributed by atoms with Crippen LogP contribution in [-0.2, 0) is 13.1 Å². The van der Waals surface area contributed by atoms with E-state index in [9.17, 15) is 4.79 Å². The molecule has 0 aliphatic heterocycles. The monoisotopic (exact) mass is 298 g/mol. The van der Waals surface area contributed by atoms with Gasteiger partial charge in [-0.3, -0.25) is 9.13 Å². The van der Waals surface area contributed by atoms with E-state index in [2.05, 4.69) is 9.97 Å². The Morgan fingerprint density at radius 3 is 2.59 bits per heavy atom. The molecule has 2 heterocycles. The van der Waals surface area contributed by atoms with Gasteiger partial charge in [0.2, 0.25) is 5.88 Å². The zero-order valence-corrected chi connectivity index (χ0v) is 12.7. The van der Waals surface area contributed by atoms with E-state index in [-0.39, 0.29) is 5.69 Å². The summed E-state index contributed by atoms with van der Waals surface area (Å²) in [5, 5.41) is 0. The van der Waals surface area contributed by atoms with E-state index in [0.29, 0.717) is 30.1 Å². The third-order valence-corrected chi connectivity index (χ3v) is 3.58. The quantitative estimate of drug-likeness (QED) is 0.723. The van der Waals surface area contributed by atoms with Crippen molar-refractivity contribution in [2.75, 3.05) is 7.11 Å². The normalized spacial score (nSPS) is 11.0. The zero-order valence-electron chi connectivity index (χ0n) is 12.7. The summed E-state index contributed by atoms with van der Waals surface area (Å²) in [5.74, 6) is 0.433. The maximum Gasteiger partial charge on any atom is 0.330 e. The number of aryl methyl sites for hydroxylation is 1. The minimum Gasteiger partial charge on any atom is -0.479 e. The average molecular weight is 298 g/mol. The fourth-order valence-corrected chi connectivity index (χ4v) is 2.61. The van der Waals surface area contributed by atoms with Crippen molar-refractivity contribution in [3.8, 4) is 5.88 Å². The molecule has 22 heavy (non-hydrogen) atoms. The van der Waals surface area contributed by atoms with E-state index in [4.69, 9.17) is 4.74 Å². The molecule has 0 N–H and O–H groups in total. The van der Waals surface area contributed by atoms with Crippen molar-refractivity contribution in [1.29, 1.82) is 0 Å². The lowest BCUT2D eigenvalue weighted by atomic mass is 10.2. The van der Waals surface area contributed by atoms with E-state index >= 15 is 0 Å². The van der Waals surface area contributed by atoms with Crippen LogP contribution in [0, 0.1) is 0 Å². The van der Waals surface area contributed by atoms with Crippen LogP contribution in [0.15, 0.2) is 41.5 Å². The summed E-state index contributed by atoms with van der Waals surface area (Å²) >= 11 is 0. The molecular weight excluding hydrogens is 280 g/mol. The molecule has 0 fully saturated rings. The predicted octanol–water partition coefficient (Wildman–Crippen LogP) is 2.06. The van der Waals surface area contributed by atoms with Gasteiger partial charge in [0, 0.05) is 6.54 Å². The number of aromatic nitrogens is 4. The van der Waals surface area contributed by atoms with Crippen LogP contribution in [-0.4, -0.2) is 26.2 Å². The van der Waals surface area contributed by atoms with Gasteiger partial charge in [-0.2, -0.15) is 4.98 Å². The molecule has 0 aliphatic carbocycles. The van der Waals surface area contributed by atoms with Crippen molar-refractivity contribution >= 4 is 11.2 Å². The first-order valence-corrected chi connectivity index (χ1v) is 7.28. The van der Waals surface area contributed by atoms with Crippen molar-refractivity contribution in [3.63, 3.8) is 0 Å². The van der Waals surface area contributed by atoms with Crippen LogP contribution < -0.4 is 10.4 Å². The SMILES string of the molecule is CCCn1c(=O)n(Cc2ccccc2)c2ncnc(OC)c21. The molecule has 0 spiro atoms. The number of fused-ring (bicyclic) bond motifs is 1.